The van der Waals surface area contributed by atoms with Crippen LogP contribution < -0.4 is 9.64 Å². The summed E-state index contributed by atoms with van der Waals surface area (Å²) in [5, 5.41) is 24.0. The molecule has 2 saturated heterocycles. The Morgan fingerprint density at radius 2 is 1.91 bits per heavy atom. The second-order valence-corrected chi connectivity index (χ2v) is 12.7. The lowest BCUT2D eigenvalue weighted by atomic mass is 9.60. The third-order valence-corrected chi connectivity index (χ3v) is 10.4. The largest absolute Gasteiger partial charge is 0.762 e. The van der Waals surface area contributed by atoms with E-state index in [0.717, 1.165) is 31.4 Å². The summed E-state index contributed by atoms with van der Waals surface area (Å²) < 4.78 is 5.57. The minimum Gasteiger partial charge on any atom is -0.762 e. The Kier molecular flexibility index (Phi) is 4.72. The average Bonchev–Trinajstić information content (AvgIpc) is 3.17. The van der Waals surface area contributed by atoms with Crippen LogP contribution in [-0.4, -0.2) is 64.3 Å². The van der Waals surface area contributed by atoms with Gasteiger partial charge in [-0.05, 0) is 69.0 Å². The second kappa shape index (κ2) is 7.06. The van der Waals surface area contributed by atoms with Gasteiger partial charge in [0.2, 0.25) is 5.91 Å². The van der Waals surface area contributed by atoms with Crippen molar-refractivity contribution in [3.8, 4) is 5.75 Å². The fourth-order valence-corrected chi connectivity index (χ4v) is 8.81. The third-order valence-electron chi connectivity index (χ3n) is 10.4. The van der Waals surface area contributed by atoms with E-state index in [0.29, 0.717) is 29.6 Å². The molecule has 3 fully saturated rings. The lowest BCUT2D eigenvalue weighted by Gasteiger charge is -2.57. The number of carbonyl (C=O) groups is 2. The molecule has 4 atom stereocenters. The number of anilines is 1. The fraction of sp³-hybridized carbons (Fsp3) is 0.704. The van der Waals surface area contributed by atoms with Crippen molar-refractivity contribution >= 4 is 17.4 Å². The molecule has 0 aromatic heterocycles. The molecular weight excluding hydrogens is 446 g/mol. The highest BCUT2D eigenvalue weighted by Gasteiger charge is 2.75. The predicted octanol–water partition coefficient (Wildman–Crippen LogP) is 3.88. The van der Waals surface area contributed by atoms with Crippen LogP contribution in [0.4, 0.5) is 5.69 Å². The number of fused-ring (bicyclic) bond motifs is 3. The van der Waals surface area contributed by atoms with Crippen LogP contribution in [0.3, 0.4) is 0 Å². The van der Waals surface area contributed by atoms with Crippen LogP contribution in [0.25, 0.3) is 0 Å². The molecule has 4 heterocycles. The monoisotopic (exact) mass is 482 g/mol. The Labute approximate surface area is 206 Å². The van der Waals surface area contributed by atoms with Crippen LogP contribution in [0.5, 0.6) is 5.75 Å². The summed E-state index contributed by atoms with van der Waals surface area (Å²) >= 11 is 0. The molecule has 1 saturated carbocycles. The van der Waals surface area contributed by atoms with E-state index in [2.05, 4.69) is 18.7 Å². The maximum atomic E-state index is 14.7. The molecule has 1 aromatic rings. The zero-order chi connectivity index (χ0) is 25.1. The number of hydroxylamine groups is 2. The van der Waals surface area contributed by atoms with E-state index in [4.69, 9.17) is 4.74 Å². The number of benzene rings is 1. The van der Waals surface area contributed by atoms with Crippen molar-refractivity contribution in [3.05, 3.63) is 28.5 Å². The van der Waals surface area contributed by atoms with Gasteiger partial charge in [-0.1, -0.05) is 26.3 Å². The van der Waals surface area contributed by atoms with E-state index >= 15 is 0 Å². The van der Waals surface area contributed by atoms with Crippen LogP contribution in [0, 0.1) is 16.5 Å². The summed E-state index contributed by atoms with van der Waals surface area (Å²) in [7, 11) is 1.54. The molecule has 8 nitrogen and oxygen atoms in total. The van der Waals surface area contributed by atoms with Crippen molar-refractivity contribution in [1.82, 2.24) is 10.1 Å². The van der Waals surface area contributed by atoms with Gasteiger partial charge in [0.05, 0.1) is 29.3 Å². The van der Waals surface area contributed by atoms with E-state index in [9.17, 15) is 20.0 Å². The van der Waals surface area contributed by atoms with Gasteiger partial charge in [0, 0.05) is 24.5 Å². The van der Waals surface area contributed by atoms with Gasteiger partial charge in [0.15, 0.2) is 5.78 Å². The zero-order valence-electron chi connectivity index (χ0n) is 21.4. The molecule has 190 valence electrons. The summed E-state index contributed by atoms with van der Waals surface area (Å²) in [6, 6.07) is 4.09. The maximum absolute atomic E-state index is 14.7. The summed E-state index contributed by atoms with van der Waals surface area (Å²) in [5.41, 5.74) is -1.49. The molecule has 6 rings (SSSR count). The van der Waals surface area contributed by atoms with Crippen LogP contribution >= 0.6 is 0 Å². The van der Waals surface area contributed by atoms with E-state index in [1.807, 2.05) is 24.8 Å². The quantitative estimate of drug-likeness (QED) is 0.639. The molecule has 0 radical (unpaired) electrons. The summed E-state index contributed by atoms with van der Waals surface area (Å²) in [6.07, 6.45) is 4.56. The Balaban J connectivity index is 1.61. The minimum atomic E-state index is -1.08. The molecule has 0 bridgehead atoms. The number of rotatable bonds is 2. The lowest BCUT2D eigenvalue weighted by molar-refractivity contribution is -0.184. The number of ether oxygens (including phenoxy) is 1. The van der Waals surface area contributed by atoms with Crippen LogP contribution in [-0.2, 0) is 10.2 Å². The molecule has 1 spiro atoms. The van der Waals surface area contributed by atoms with Crippen molar-refractivity contribution in [2.24, 2.45) is 11.3 Å². The van der Waals surface area contributed by atoms with E-state index in [1.165, 1.54) is 6.42 Å². The van der Waals surface area contributed by atoms with E-state index < -0.39 is 21.9 Å². The number of methoxy groups -OCH3 is 1. The summed E-state index contributed by atoms with van der Waals surface area (Å²) in [4.78, 5) is 32.2. The Morgan fingerprint density at radius 1 is 1.17 bits per heavy atom. The van der Waals surface area contributed by atoms with Crippen molar-refractivity contribution in [2.75, 3.05) is 25.1 Å². The molecule has 5 aliphatic rings. The normalized spacial score (nSPS) is 37.0. The first-order valence-corrected chi connectivity index (χ1v) is 12.9. The number of hydrogen-bond donors (Lipinski definition) is 1. The second-order valence-electron chi connectivity index (χ2n) is 12.7. The van der Waals surface area contributed by atoms with Crippen LogP contribution in [0.1, 0.15) is 82.1 Å². The number of ketones is 1. The average molecular weight is 483 g/mol. The van der Waals surface area contributed by atoms with Gasteiger partial charge in [0.1, 0.15) is 5.75 Å². The fourth-order valence-electron chi connectivity index (χ4n) is 8.81. The minimum absolute atomic E-state index is 0.0301. The van der Waals surface area contributed by atoms with E-state index in [-0.39, 0.29) is 35.7 Å². The molecule has 1 N–H and O–H groups in total. The van der Waals surface area contributed by atoms with Crippen molar-refractivity contribution in [3.63, 3.8) is 0 Å². The highest BCUT2D eigenvalue weighted by molar-refractivity contribution is 6.19. The van der Waals surface area contributed by atoms with Crippen LogP contribution in [0.2, 0.25) is 0 Å². The maximum Gasteiger partial charge on any atom is 0.238 e. The van der Waals surface area contributed by atoms with Crippen molar-refractivity contribution in [2.45, 2.75) is 88.8 Å². The Hall–Kier alpha value is -2.00. The molecule has 1 aliphatic carbocycles. The van der Waals surface area contributed by atoms with Gasteiger partial charge >= 0.3 is 0 Å². The lowest BCUT2D eigenvalue weighted by Crippen LogP contribution is -2.63. The highest BCUT2D eigenvalue weighted by Crippen LogP contribution is 2.70. The number of piperidine rings is 2. The molecule has 8 heteroatoms. The zero-order valence-corrected chi connectivity index (χ0v) is 21.4. The topological polar surface area (TPSA) is 96.4 Å². The van der Waals surface area contributed by atoms with Gasteiger partial charge in [0.25, 0.3) is 0 Å². The van der Waals surface area contributed by atoms with Crippen molar-refractivity contribution in [1.29, 1.82) is 0 Å². The first-order valence-electron chi connectivity index (χ1n) is 12.9. The van der Waals surface area contributed by atoms with Gasteiger partial charge in [-0.15, -0.1) is 0 Å². The summed E-state index contributed by atoms with van der Waals surface area (Å²) in [6.45, 7) is 9.45. The van der Waals surface area contributed by atoms with Crippen molar-refractivity contribution < 1.29 is 19.5 Å². The first-order chi connectivity index (χ1) is 16.4. The Morgan fingerprint density at radius 3 is 2.60 bits per heavy atom. The van der Waals surface area contributed by atoms with E-state index in [1.54, 1.807) is 13.2 Å². The SMILES string of the molecule is COc1ccc2c3c1C(=O)CC(C)(C)N3C(=O)C21CC2(N([O-])O)CN3CCCCC3CC2C1(C)C. The number of amides is 1. The number of hydrogen-bond acceptors (Lipinski definition) is 7. The smallest absolute Gasteiger partial charge is 0.238 e. The molecule has 35 heavy (non-hydrogen) atoms. The van der Waals surface area contributed by atoms with Gasteiger partial charge in [-0.25, -0.2) is 0 Å². The molecule has 1 aromatic carbocycles. The predicted molar refractivity (Wildman–Crippen MR) is 131 cm³/mol. The third kappa shape index (κ3) is 2.61. The highest BCUT2D eigenvalue weighted by atomic mass is 16.8. The Bertz CT molecular complexity index is 1130. The number of Topliss-reactive ketones (excluding diaryl/α,β-unsaturated/α-hetero) is 1. The molecular formula is C27H36N3O5-. The molecule has 4 aliphatic heterocycles. The molecule has 4 unspecified atom stereocenters. The van der Waals surface area contributed by atoms with Gasteiger partial charge in [-0.2, -0.15) is 0 Å². The number of carbonyl (C=O) groups excluding carboxylic acids is 2. The van der Waals surface area contributed by atoms with Crippen LogP contribution in [0.15, 0.2) is 12.1 Å². The summed E-state index contributed by atoms with van der Waals surface area (Å²) in [5.74, 6) is 0.223. The molecule has 1 amide bonds. The first kappa shape index (κ1) is 23.4. The van der Waals surface area contributed by atoms with Gasteiger partial charge < -0.3 is 20.1 Å². The number of nitrogens with zero attached hydrogens (tertiary/aromatic N) is 3. The van der Waals surface area contributed by atoms with Gasteiger partial charge in [-0.3, -0.25) is 19.7 Å². The standard InChI is InChI=1S/C27H36N3O5/c1-24(2)13-18(31)21-19(35-5)10-9-17-22(21)29(24)23(32)27(17)14-26(30(33)34)15-28-11-7-6-8-16(28)12-20(26)25(27,3)4/h9-10,16,20,33H,6-8,11-15H2,1-5H3/q-1.